The Labute approximate surface area is 143 Å². The van der Waals surface area contributed by atoms with Crippen LogP contribution in [0, 0.1) is 0 Å². The molecule has 0 spiro atoms. The van der Waals surface area contributed by atoms with E-state index in [1.54, 1.807) is 55.5 Å². The van der Waals surface area contributed by atoms with E-state index in [0.29, 0.717) is 18.1 Å². The molecule has 0 aliphatic carbocycles. The average Bonchev–Trinajstić information content (AvgIpc) is 2.66. The first-order valence-electron chi connectivity index (χ1n) is 7.45. The Kier molecular flexibility index (Phi) is 14.6. The Morgan fingerprint density at radius 2 is 0.792 bits per heavy atom. The van der Waals surface area contributed by atoms with Crippen molar-refractivity contribution in [3.8, 4) is 11.5 Å². The third-order valence-electron chi connectivity index (χ3n) is 2.31. The molecule has 0 fully saturated rings. The van der Waals surface area contributed by atoms with Gasteiger partial charge in [0, 0.05) is 0 Å². The Morgan fingerprint density at radius 3 is 0.917 bits per heavy atom. The van der Waals surface area contributed by atoms with Gasteiger partial charge in [-0.05, 0) is 31.2 Å². The van der Waals surface area contributed by atoms with Crippen molar-refractivity contribution in [3.05, 3.63) is 97.1 Å². The number of hydrogen-bond acceptors (Lipinski definition) is 4. The molecule has 4 nitrogen and oxygen atoms in total. The first-order chi connectivity index (χ1) is 11.7. The van der Waals surface area contributed by atoms with Crippen LogP contribution in [0.1, 0.15) is 6.92 Å². The summed E-state index contributed by atoms with van der Waals surface area (Å²) in [5.74, 6) is 0.644. The molecule has 0 aromatic heterocycles. The lowest BCUT2D eigenvalue weighted by Crippen LogP contribution is -1.74. The van der Waals surface area contributed by atoms with Gasteiger partial charge in [0.2, 0.25) is 0 Å². The zero-order chi connectivity index (χ0) is 17.9. The number of aromatic hydroxyl groups is 2. The van der Waals surface area contributed by atoms with Crippen molar-refractivity contribution in [2.24, 2.45) is 0 Å². The smallest absolute Gasteiger partial charge is 0.115 e. The van der Waals surface area contributed by atoms with Crippen LogP contribution in [-0.4, -0.2) is 22.1 Å². The van der Waals surface area contributed by atoms with E-state index in [9.17, 15) is 0 Å². The van der Waals surface area contributed by atoms with Crippen molar-refractivity contribution >= 4 is 0 Å². The second kappa shape index (κ2) is 16.5. The van der Waals surface area contributed by atoms with Gasteiger partial charge in [0.15, 0.2) is 0 Å². The largest absolute Gasteiger partial charge is 0.508 e. The Bertz CT molecular complexity index is 505. The second-order valence-corrected chi connectivity index (χ2v) is 4.24. The van der Waals surface area contributed by atoms with Crippen LogP contribution in [0.15, 0.2) is 97.1 Å². The molecule has 0 saturated heterocycles. The van der Waals surface area contributed by atoms with Gasteiger partial charge in [-0.3, -0.25) is 5.26 Å². The molecule has 3 rings (SSSR count). The van der Waals surface area contributed by atoms with E-state index in [2.05, 4.69) is 4.89 Å². The van der Waals surface area contributed by atoms with Gasteiger partial charge in [-0.25, -0.2) is 4.89 Å². The SMILES string of the molecule is CCOO.Oc1ccccc1.Oc1ccccc1.c1ccccc1. The van der Waals surface area contributed by atoms with Crippen LogP contribution in [0.5, 0.6) is 11.5 Å². The average molecular weight is 328 g/mol. The molecule has 0 bridgehead atoms. The summed E-state index contributed by atoms with van der Waals surface area (Å²) in [7, 11) is 0. The standard InChI is InChI=1S/2C6H6O.C6H6.C2H6O2/c2*7-6-4-2-1-3-5-6;1-2-4-6-5-3-1;1-2-4-3/h2*1-5,7H;1-6H;3H,2H2,1H3. The fourth-order valence-electron chi connectivity index (χ4n) is 1.24. The van der Waals surface area contributed by atoms with E-state index in [0.717, 1.165) is 0 Å². The summed E-state index contributed by atoms with van der Waals surface area (Å²) >= 11 is 0. The van der Waals surface area contributed by atoms with Crippen molar-refractivity contribution in [1.82, 2.24) is 0 Å². The van der Waals surface area contributed by atoms with E-state index < -0.39 is 0 Å². The minimum Gasteiger partial charge on any atom is -0.508 e. The number of phenols is 2. The number of benzene rings is 3. The van der Waals surface area contributed by atoms with Crippen molar-refractivity contribution < 1.29 is 20.4 Å². The summed E-state index contributed by atoms with van der Waals surface area (Å²) in [5, 5.41) is 24.6. The quantitative estimate of drug-likeness (QED) is 0.436. The minimum absolute atomic E-state index is 0.322. The van der Waals surface area contributed by atoms with Gasteiger partial charge < -0.3 is 10.2 Å². The van der Waals surface area contributed by atoms with Crippen LogP contribution in [0.3, 0.4) is 0 Å². The van der Waals surface area contributed by atoms with Gasteiger partial charge in [0.25, 0.3) is 0 Å². The number of para-hydroxylation sites is 2. The van der Waals surface area contributed by atoms with E-state index >= 15 is 0 Å². The van der Waals surface area contributed by atoms with Crippen molar-refractivity contribution in [3.63, 3.8) is 0 Å². The van der Waals surface area contributed by atoms with E-state index in [4.69, 9.17) is 15.5 Å². The molecule has 0 heterocycles. The summed E-state index contributed by atoms with van der Waals surface area (Å²) in [4.78, 5) is 3.54. The molecule has 0 aliphatic rings. The van der Waals surface area contributed by atoms with E-state index in [1.165, 1.54) is 0 Å². The molecule has 24 heavy (non-hydrogen) atoms. The molecule has 3 N–H and O–H groups in total. The van der Waals surface area contributed by atoms with Gasteiger partial charge in [-0.1, -0.05) is 72.8 Å². The predicted molar refractivity (Wildman–Crippen MR) is 96.9 cm³/mol. The summed E-state index contributed by atoms with van der Waals surface area (Å²) < 4.78 is 0. The first-order valence-corrected chi connectivity index (χ1v) is 7.45. The maximum Gasteiger partial charge on any atom is 0.115 e. The number of hydrogen-bond donors (Lipinski definition) is 3. The van der Waals surface area contributed by atoms with Crippen LogP contribution in [0.25, 0.3) is 0 Å². The summed E-state index contributed by atoms with van der Waals surface area (Å²) in [5.41, 5.74) is 0. The van der Waals surface area contributed by atoms with Gasteiger partial charge in [0.1, 0.15) is 11.5 Å². The second-order valence-electron chi connectivity index (χ2n) is 4.24. The molecule has 3 aromatic carbocycles. The lowest BCUT2D eigenvalue weighted by Gasteiger charge is -1.82. The van der Waals surface area contributed by atoms with Crippen LogP contribution in [-0.2, 0) is 4.89 Å². The highest BCUT2D eigenvalue weighted by Crippen LogP contribution is 2.03. The van der Waals surface area contributed by atoms with Gasteiger partial charge >= 0.3 is 0 Å². The van der Waals surface area contributed by atoms with Crippen molar-refractivity contribution in [2.45, 2.75) is 6.92 Å². The van der Waals surface area contributed by atoms with Crippen molar-refractivity contribution in [2.75, 3.05) is 6.61 Å². The normalized spacial score (nSPS) is 8.25. The Hall–Kier alpha value is -2.82. The fourth-order valence-corrected chi connectivity index (χ4v) is 1.24. The molecular formula is C20H24O4. The zero-order valence-corrected chi connectivity index (χ0v) is 13.7. The summed E-state index contributed by atoms with van der Waals surface area (Å²) in [6.07, 6.45) is 0. The summed E-state index contributed by atoms with van der Waals surface area (Å²) in [6.45, 7) is 2.08. The Balaban J connectivity index is 0.000000301. The maximum atomic E-state index is 8.63. The van der Waals surface area contributed by atoms with Gasteiger partial charge in [-0.15, -0.1) is 0 Å². The molecule has 0 radical (unpaired) electrons. The topological polar surface area (TPSA) is 69.9 Å². The minimum atomic E-state index is 0.322. The monoisotopic (exact) mass is 328 g/mol. The molecular weight excluding hydrogens is 304 g/mol. The van der Waals surface area contributed by atoms with Crippen LogP contribution in [0.4, 0.5) is 0 Å². The fraction of sp³-hybridized carbons (Fsp3) is 0.100. The third-order valence-corrected chi connectivity index (χ3v) is 2.31. The number of phenolic OH excluding ortho intramolecular Hbond substituents is 2. The third kappa shape index (κ3) is 15.6. The van der Waals surface area contributed by atoms with E-state index in [1.807, 2.05) is 48.5 Å². The predicted octanol–water partition coefficient (Wildman–Crippen LogP) is 4.97. The molecule has 0 amide bonds. The molecule has 4 heteroatoms. The molecule has 0 unspecified atom stereocenters. The van der Waals surface area contributed by atoms with Crippen LogP contribution in [0.2, 0.25) is 0 Å². The molecule has 0 atom stereocenters. The molecule has 0 aliphatic heterocycles. The maximum absolute atomic E-state index is 8.63. The number of rotatable bonds is 1. The lowest BCUT2D eigenvalue weighted by atomic mass is 10.3. The first kappa shape index (κ1) is 21.2. The van der Waals surface area contributed by atoms with Crippen LogP contribution >= 0.6 is 0 Å². The molecule has 0 saturated carbocycles. The zero-order valence-electron chi connectivity index (χ0n) is 13.7. The highest BCUT2D eigenvalue weighted by molar-refractivity contribution is 5.19. The van der Waals surface area contributed by atoms with Crippen LogP contribution < -0.4 is 0 Å². The molecule has 128 valence electrons. The van der Waals surface area contributed by atoms with Gasteiger partial charge in [-0.2, -0.15) is 0 Å². The summed E-state index contributed by atoms with van der Waals surface area (Å²) in [6, 6.07) is 29.4. The lowest BCUT2D eigenvalue weighted by molar-refractivity contribution is -0.237. The Morgan fingerprint density at radius 1 is 0.583 bits per heavy atom. The van der Waals surface area contributed by atoms with E-state index in [-0.39, 0.29) is 0 Å². The van der Waals surface area contributed by atoms with Gasteiger partial charge in [0.05, 0.1) is 6.61 Å². The van der Waals surface area contributed by atoms with Crippen molar-refractivity contribution in [1.29, 1.82) is 0 Å². The highest BCUT2D eigenvalue weighted by atomic mass is 17.1. The molecule has 3 aromatic rings. The highest BCUT2D eigenvalue weighted by Gasteiger charge is 1.75.